The smallest absolute Gasteiger partial charge is 0.272 e. The molecule has 0 spiro atoms. The van der Waals surface area contributed by atoms with E-state index in [9.17, 15) is 4.79 Å². The van der Waals surface area contributed by atoms with Crippen LogP contribution in [0.1, 0.15) is 16.1 Å². The van der Waals surface area contributed by atoms with Gasteiger partial charge in [-0.2, -0.15) is 5.26 Å². The van der Waals surface area contributed by atoms with Crippen LogP contribution < -0.4 is 5.32 Å². The minimum atomic E-state index is -0.0859. The van der Waals surface area contributed by atoms with Crippen molar-refractivity contribution in [3.63, 3.8) is 0 Å². The van der Waals surface area contributed by atoms with Crippen molar-refractivity contribution in [1.82, 2.24) is 9.88 Å². The number of para-hydroxylation sites is 1. The van der Waals surface area contributed by atoms with E-state index < -0.39 is 0 Å². The average Bonchev–Trinajstić information content (AvgIpc) is 2.63. The second kappa shape index (κ2) is 6.90. The molecule has 0 unspecified atom stereocenters. The van der Waals surface area contributed by atoms with Gasteiger partial charge in [-0.05, 0) is 24.3 Å². The molecule has 1 saturated heterocycles. The molecule has 3 rings (SSSR count). The molecule has 1 N–H and O–H groups in total. The normalized spacial score (nSPS) is 14.1. The van der Waals surface area contributed by atoms with E-state index in [1.807, 2.05) is 18.2 Å². The summed E-state index contributed by atoms with van der Waals surface area (Å²) in [5, 5.41) is 12.2. The topological polar surface area (TPSA) is 78.2 Å². The number of nitriles is 1. The zero-order chi connectivity index (χ0) is 16.1. The third-order valence-electron chi connectivity index (χ3n) is 3.61. The summed E-state index contributed by atoms with van der Waals surface area (Å²) < 4.78 is 5.24. The van der Waals surface area contributed by atoms with Crippen LogP contribution in [-0.4, -0.2) is 42.1 Å². The Morgan fingerprint density at radius 3 is 2.70 bits per heavy atom. The van der Waals surface area contributed by atoms with Crippen molar-refractivity contribution < 1.29 is 9.53 Å². The van der Waals surface area contributed by atoms with Crippen LogP contribution in [0.4, 0.5) is 11.4 Å². The number of hydrogen-bond acceptors (Lipinski definition) is 5. The van der Waals surface area contributed by atoms with Gasteiger partial charge in [0, 0.05) is 13.1 Å². The Bertz CT molecular complexity index is 731. The summed E-state index contributed by atoms with van der Waals surface area (Å²) >= 11 is 0. The van der Waals surface area contributed by atoms with Gasteiger partial charge < -0.3 is 15.0 Å². The molecule has 23 heavy (non-hydrogen) atoms. The number of aromatic nitrogens is 1. The minimum absolute atomic E-state index is 0.0859. The maximum absolute atomic E-state index is 12.3. The molecular weight excluding hydrogens is 292 g/mol. The highest BCUT2D eigenvalue weighted by molar-refractivity contribution is 5.92. The lowest BCUT2D eigenvalue weighted by Crippen LogP contribution is -2.41. The van der Waals surface area contributed by atoms with Crippen molar-refractivity contribution in [3.05, 3.63) is 53.9 Å². The van der Waals surface area contributed by atoms with Crippen LogP contribution >= 0.6 is 0 Å². The maximum Gasteiger partial charge on any atom is 0.272 e. The lowest BCUT2D eigenvalue weighted by molar-refractivity contribution is 0.0299. The second-order valence-corrected chi connectivity index (χ2v) is 5.12. The van der Waals surface area contributed by atoms with E-state index in [4.69, 9.17) is 10.00 Å². The SMILES string of the molecule is N#Cc1ccccc1Nc1ccc(C(=O)N2CCOCC2)nc1. The minimum Gasteiger partial charge on any atom is -0.378 e. The van der Waals surface area contributed by atoms with Crippen LogP contribution in [0.15, 0.2) is 42.6 Å². The van der Waals surface area contributed by atoms with Gasteiger partial charge in [-0.1, -0.05) is 12.1 Å². The van der Waals surface area contributed by atoms with Crippen molar-refractivity contribution in [1.29, 1.82) is 5.26 Å². The Hall–Kier alpha value is -2.91. The van der Waals surface area contributed by atoms with Crippen LogP contribution in [0.25, 0.3) is 0 Å². The van der Waals surface area contributed by atoms with Gasteiger partial charge >= 0.3 is 0 Å². The number of rotatable bonds is 3. The second-order valence-electron chi connectivity index (χ2n) is 5.12. The highest BCUT2D eigenvalue weighted by Gasteiger charge is 2.19. The molecule has 6 heteroatoms. The number of morpholine rings is 1. The zero-order valence-corrected chi connectivity index (χ0v) is 12.5. The third-order valence-corrected chi connectivity index (χ3v) is 3.61. The molecule has 116 valence electrons. The summed E-state index contributed by atoms with van der Waals surface area (Å²) in [6.07, 6.45) is 1.60. The molecular formula is C17H16N4O2. The van der Waals surface area contributed by atoms with Gasteiger partial charge in [0.1, 0.15) is 11.8 Å². The fraction of sp³-hybridized carbons (Fsp3) is 0.235. The molecule has 1 aromatic heterocycles. The number of hydrogen-bond donors (Lipinski definition) is 1. The Balaban J connectivity index is 1.72. The summed E-state index contributed by atoms with van der Waals surface area (Å²) in [5.74, 6) is -0.0859. The van der Waals surface area contributed by atoms with E-state index >= 15 is 0 Å². The first-order valence-electron chi connectivity index (χ1n) is 7.37. The van der Waals surface area contributed by atoms with Gasteiger partial charge in [-0.3, -0.25) is 4.79 Å². The van der Waals surface area contributed by atoms with Crippen LogP contribution in [0.3, 0.4) is 0 Å². The number of ether oxygens (including phenoxy) is 1. The fourth-order valence-corrected chi connectivity index (χ4v) is 2.37. The van der Waals surface area contributed by atoms with Crippen LogP contribution in [-0.2, 0) is 4.74 Å². The molecule has 2 heterocycles. The molecule has 1 aromatic carbocycles. The molecule has 1 aliphatic rings. The van der Waals surface area contributed by atoms with Crippen molar-refractivity contribution >= 4 is 17.3 Å². The molecule has 2 aromatic rings. The molecule has 6 nitrogen and oxygen atoms in total. The van der Waals surface area contributed by atoms with Crippen molar-refractivity contribution in [3.8, 4) is 6.07 Å². The molecule has 0 aliphatic carbocycles. The van der Waals surface area contributed by atoms with Gasteiger partial charge in [0.25, 0.3) is 5.91 Å². The van der Waals surface area contributed by atoms with Gasteiger partial charge in [-0.25, -0.2) is 4.98 Å². The number of anilines is 2. The van der Waals surface area contributed by atoms with Crippen LogP contribution in [0, 0.1) is 11.3 Å². The molecule has 0 atom stereocenters. The number of benzene rings is 1. The fourth-order valence-electron chi connectivity index (χ4n) is 2.37. The summed E-state index contributed by atoms with van der Waals surface area (Å²) in [6, 6.07) is 12.8. The monoisotopic (exact) mass is 308 g/mol. The van der Waals surface area contributed by atoms with Crippen molar-refractivity contribution in [2.45, 2.75) is 0 Å². The average molecular weight is 308 g/mol. The van der Waals surface area contributed by atoms with Crippen LogP contribution in [0.5, 0.6) is 0 Å². The van der Waals surface area contributed by atoms with E-state index in [-0.39, 0.29) is 5.91 Å². The molecule has 1 amide bonds. The molecule has 0 radical (unpaired) electrons. The summed E-state index contributed by atoms with van der Waals surface area (Å²) in [4.78, 5) is 18.3. The first-order valence-corrected chi connectivity index (χ1v) is 7.37. The van der Waals surface area contributed by atoms with E-state index in [0.29, 0.717) is 43.2 Å². The number of nitrogens with one attached hydrogen (secondary N) is 1. The summed E-state index contributed by atoms with van der Waals surface area (Å²) in [7, 11) is 0. The number of carbonyl (C=O) groups is 1. The van der Waals surface area contributed by atoms with E-state index in [0.717, 1.165) is 5.69 Å². The molecule has 1 aliphatic heterocycles. The van der Waals surface area contributed by atoms with Crippen molar-refractivity contribution in [2.24, 2.45) is 0 Å². The highest BCUT2D eigenvalue weighted by atomic mass is 16.5. The number of amides is 1. The lowest BCUT2D eigenvalue weighted by Gasteiger charge is -2.26. The van der Waals surface area contributed by atoms with Gasteiger partial charge in [0.15, 0.2) is 0 Å². The predicted octanol–water partition coefficient (Wildman–Crippen LogP) is 2.17. The molecule has 0 saturated carbocycles. The highest BCUT2D eigenvalue weighted by Crippen LogP contribution is 2.20. The Labute approximate surface area is 134 Å². The first kappa shape index (κ1) is 15.0. The van der Waals surface area contributed by atoms with E-state index in [1.54, 1.807) is 29.3 Å². The van der Waals surface area contributed by atoms with Gasteiger partial charge in [0.2, 0.25) is 0 Å². The number of pyridine rings is 1. The molecule has 1 fully saturated rings. The Morgan fingerprint density at radius 1 is 1.22 bits per heavy atom. The van der Waals surface area contributed by atoms with E-state index in [1.165, 1.54) is 0 Å². The van der Waals surface area contributed by atoms with Crippen molar-refractivity contribution in [2.75, 3.05) is 31.6 Å². The van der Waals surface area contributed by atoms with Gasteiger partial charge in [-0.15, -0.1) is 0 Å². The lowest BCUT2D eigenvalue weighted by atomic mass is 10.2. The standard InChI is InChI=1S/C17H16N4O2/c18-11-13-3-1-2-4-15(13)20-14-5-6-16(19-12-14)17(22)21-7-9-23-10-8-21/h1-6,12,20H,7-10H2. The largest absolute Gasteiger partial charge is 0.378 e. The Morgan fingerprint density at radius 2 is 2.00 bits per heavy atom. The first-order chi connectivity index (χ1) is 11.3. The molecule has 0 bridgehead atoms. The third kappa shape index (κ3) is 3.47. The predicted molar refractivity (Wildman–Crippen MR) is 85.4 cm³/mol. The summed E-state index contributed by atoms with van der Waals surface area (Å²) in [6.45, 7) is 2.32. The zero-order valence-electron chi connectivity index (χ0n) is 12.5. The van der Waals surface area contributed by atoms with Gasteiger partial charge in [0.05, 0.1) is 36.3 Å². The summed E-state index contributed by atoms with van der Waals surface area (Å²) in [5.41, 5.74) is 2.40. The number of carbonyl (C=O) groups excluding carboxylic acids is 1. The maximum atomic E-state index is 12.3. The number of nitrogens with zero attached hydrogens (tertiary/aromatic N) is 3. The Kier molecular flexibility index (Phi) is 4.50. The van der Waals surface area contributed by atoms with Crippen LogP contribution in [0.2, 0.25) is 0 Å². The van der Waals surface area contributed by atoms with E-state index in [2.05, 4.69) is 16.4 Å². The quantitative estimate of drug-likeness (QED) is 0.940.